The highest BCUT2D eigenvalue weighted by Gasteiger charge is 2.27. The molecule has 0 spiro atoms. The monoisotopic (exact) mass is 270 g/mol. The van der Waals surface area contributed by atoms with Crippen LogP contribution in [0, 0.1) is 0 Å². The number of hydrogen-bond donors (Lipinski definition) is 1. The van der Waals surface area contributed by atoms with Crippen molar-refractivity contribution in [3.8, 4) is 0 Å². The van der Waals surface area contributed by atoms with Crippen LogP contribution >= 0.6 is 11.6 Å². The Hall–Kier alpha value is -1.00. The Bertz CT molecular complexity index is 411. The van der Waals surface area contributed by atoms with E-state index in [1.807, 2.05) is 14.1 Å². The van der Waals surface area contributed by atoms with E-state index in [0.29, 0.717) is 17.8 Å². The topological polar surface area (TPSA) is 45.5 Å². The third-order valence-corrected chi connectivity index (χ3v) is 3.96. The molecule has 1 aromatic rings. The molecule has 100 valence electrons. The standard InChI is InChI=1S/C13H19ClN2O2/c1-15-9-3-5-10(6-4-9)16(2)13(17)11-7-8-12(14)18-11/h7-10,15H,3-6H2,1-2H3. The van der Waals surface area contributed by atoms with Crippen molar-refractivity contribution in [3.63, 3.8) is 0 Å². The summed E-state index contributed by atoms with van der Waals surface area (Å²) in [7, 11) is 3.83. The molecule has 0 bridgehead atoms. The first-order valence-electron chi connectivity index (χ1n) is 6.31. The number of nitrogens with one attached hydrogen (secondary N) is 1. The number of carbonyl (C=O) groups is 1. The average molecular weight is 271 g/mol. The van der Waals surface area contributed by atoms with Gasteiger partial charge in [0.05, 0.1) is 0 Å². The van der Waals surface area contributed by atoms with Crippen LogP contribution in [-0.4, -0.2) is 37.0 Å². The van der Waals surface area contributed by atoms with Crippen LogP contribution in [0.5, 0.6) is 0 Å². The molecule has 0 aliphatic heterocycles. The third kappa shape index (κ3) is 2.87. The lowest BCUT2D eigenvalue weighted by Crippen LogP contribution is -2.42. The number of nitrogens with zero attached hydrogens (tertiary/aromatic N) is 1. The lowest BCUT2D eigenvalue weighted by Gasteiger charge is -2.34. The molecule has 1 aliphatic carbocycles. The quantitative estimate of drug-likeness (QED) is 0.918. The number of rotatable bonds is 3. The largest absolute Gasteiger partial charge is 0.440 e. The summed E-state index contributed by atoms with van der Waals surface area (Å²) in [6.45, 7) is 0. The maximum atomic E-state index is 12.2. The minimum atomic E-state index is -0.0881. The Morgan fingerprint density at radius 2 is 2.06 bits per heavy atom. The lowest BCUT2D eigenvalue weighted by atomic mass is 9.90. The van der Waals surface area contributed by atoms with E-state index in [1.165, 1.54) is 0 Å². The molecule has 2 rings (SSSR count). The van der Waals surface area contributed by atoms with E-state index in [-0.39, 0.29) is 11.1 Å². The fraction of sp³-hybridized carbons (Fsp3) is 0.615. The molecule has 1 aromatic heterocycles. The van der Waals surface area contributed by atoms with Gasteiger partial charge in [0.25, 0.3) is 5.91 Å². The molecule has 1 amide bonds. The summed E-state index contributed by atoms with van der Waals surface area (Å²) >= 11 is 5.69. The molecule has 4 nitrogen and oxygen atoms in total. The average Bonchev–Trinajstić information content (AvgIpc) is 2.84. The van der Waals surface area contributed by atoms with Crippen molar-refractivity contribution in [3.05, 3.63) is 23.1 Å². The fourth-order valence-corrected chi connectivity index (χ4v) is 2.67. The van der Waals surface area contributed by atoms with Gasteiger partial charge < -0.3 is 14.6 Å². The molecule has 1 heterocycles. The van der Waals surface area contributed by atoms with Crippen LogP contribution in [0.25, 0.3) is 0 Å². The van der Waals surface area contributed by atoms with Crippen LogP contribution in [0.2, 0.25) is 5.22 Å². The van der Waals surface area contributed by atoms with E-state index in [9.17, 15) is 4.79 Å². The van der Waals surface area contributed by atoms with Crippen LogP contribution in [0.3, 0.4) is 0 Å². The van der Waals surface area contributed by atoms with Crippen LogP contribution < -0.4 is 5.32 Å². The van der Waals surface area contributed by atoms with E-state index >= 15 is 0 Å². The van der Waals surface area contributed by atoms with E-state index in [1.54, 1.807) is 17.0 Å². The number of amides is 1. The Kier molecular flexibility index (Phi) is 4.30. The lowest BCUT2D eigenvalue weighted by molar-refractivity contribution is 0.0654. The van der Waals surface area contributed by atoms with Crippen molar-refractivity contribution in [2.45, 2.75) is 37.8 Å². The van der Waals surface area contributed by atoms with Crippen molar-refractivity contribution in [2.75, 3.05) is 14.1 Å². The molecule has 18 heavy (non-hydrogen) atoms. The molecule has 1 saturated carbocycles. The molecular formula is C13H19ClN2O2. The zero-order chi connectivity index (χ0) is 13.1. The van der Waals surface area contributed by atoms with Crippen molar-refractivity contribution in [1.29, 1.82) is 0 Å². The Morgan fingerprint density at radius 1 is 1.39 bits per heavy atom. The van der Waals surface area contributed by atoms with E-state index in [4.69, 9.17) is 16.0 Å². The highest BCUT2D eigenvalue weighted by Crippen LogP contribution is 2.24. The molecule has 0 radical (unpaired) electrons. The highest BCUT2D eigenvalue weighted by atomic mass is 35.5. The molecular weight excluding hydrogens is 252 g/mol. The Morgan fingerprint density at radius 3 is 2.56 bits per heavy atom. The molecule has 1 N–H and O–H groups in total. The number of carbonyl (C=O) groups excluding carboxylic acids is 1. The van der Waals surface area contributed by atoms with Crippen molar-refractivity contribution in [1.82, 2.24) is 10.2 Å². The van der Waals surface area contributed by atoms with E-state index < -0.39 is 0 Å². The normalized spacial score (nSPS) is 23.9. The summed E-state index contributed by atoms with van der Waals surface area (Å²) < 4.78 is 5.16. The van der Waals surface area contributed by atoms with E-state index in [2.05, 4.69) is 5.32 Å². The van der Waals surface area contributed by atoms with Crippen molar-refractivity contribution < 1.29 is 9.21 Å². The number of furan rings is 1. The van der Waals surface area contributed by atoms with Gasteiger partial charge in [-0.3, -0.25) is 4.79 Å². The van der Waals surface area contributed by atoms with Gasteiger partial charge in [-0.05, 0) is 56.5 Å². The minimum absolute atomic E-state index is 0.0881. The van der Waals surface area contributed by atoms with E-state index in [0.717, 1.165) is 25.7 Å². The Labute approximate surface area is 112 Å². The molecule has 1 aliphatic rings. The molecule has 0 unspecified atom stereocenters. The number of hydrogen-bond acceptors (Lipinski definition) is 3. The SMILES string of the molecule is CNC1CCC(N(C)C(=O)c2ccc(Cl)o2)CC1. The van der Waals surface area contributed by atoms with Gasteiger partial charge in [-0.1, -0.05) is 0 Å². The third-order valence-electron chi connectivity index (χ3n) is 3.76. The van der Waals surface area contributed by atoms with Gasteiger partial charge in [-0.2, -0.15) is 0 Å². The summed E-state index contributed by atoms with van der Waals surface area (Å²) in [4.78, 5) is 13.9. The van der Waals surface area contributed by atoms with Gasteiger partial charge in [0.15, 0.2) is 11.0 Å². The predicted octanol–water partition coefficient (Wildman–Crippen LogP) is 2.54. The highest BCUT2D eigenvalue weighted by molar-refractivity contribution is 6.29. The second-order valence-electron chi connectivity index (χ2n) is 4.81. The Balaban J connectivity index is 1.95. The van der Waals surface area contributed by atoms with Crippen LogP contribution in [0.1, 0.15) is 36.2 Å². The smallest absolute Gasteiger partial charge is 0.289 e. The zero-order valence-electron chi connectivity index (χ0n) is 10.8. The van der Waals surface area contributed by atoms with Gasteiger partial charge in [0.2, 0.25) is 0 Å². The minimum Gasteiger partial charge on any atom is -0.440 e. The van der Waals surface area contributed by atoms with Crippen LogP contribution in [-0.2, 0) is 0 Å². The fourth-order valence-electron chi connectivity index (χ4n) is 2.52. The van der Waals surface area contributed by atoms with Gasteiger partial charge in [-0.15, -0.1) is 0 Å². The van der Waals surface area contributed by atoms with Gasteiger partial charge in [0.1, 0.15) is 0 Å². The maximum absolute atomic E-state index is 12.2. The van der Waals surface area contributed by atoms with Crippen molar-refractivity contribution >= 4 is 17.5 Å². The molecule has 1 fully saturated rings. The molecule has 0 atom stereocenters. The first kappa shape index (κ1) is 13.4. The summed E-state index contributed by atoms with van der Waals surface area (Å²) in [6, 6.07) is 4.11. The van der Waals surface area contributed by atoms with Crippen molar-refractivity contribution in [2.24, 2.45) is 0 Å². The summed E-state index contributed by atoms with van der Waals surface area (Å²) in [5, 5.41) is 3.54. The second kappa shape index (κ2) is 5.76. The first-order chi connectivity index (χ1) is 8.61. The van der Waals surface area contributed by atoms with Gasteiger partial charge in [0, 0.05) is 19.1 Å². The molecule has 0 aromatic carbocycles. The second-order valence-corrected chi connectivity index (χ2v) is 5.19. The molecule has 0 saturated heterocycles. The summed E-state index contributed by atoms with van der Waals surface area (Å²) in [5.41, 5.74) is 0. The first-order valence-corrected chi connectivity index (χ1v) is 6.69. The summed E-state index contributed by atoms with van der Waals surface area (Å²) in [6.07, 6.45) is 4.28. The summed E-state index contributed by atoms with van der Waals surface area (Å²) in [5.74, 6) is 0.230. The number of halogens is 1. The van der Waals surface area contributed by atoms with Gasteiger partial charge >= 0.3 is 0 Å². The van der Waals surface area contributed by atoms with Crippen LogP contribution in [0.15, 0.2) is 16.5 Å². The molecule has 5 heteroatoms. The maximum Gasteiger partial charge on any atom is 0.289 e. The zero-order valence-corrected chi connectivity index (χ0v) is 11.5. The van der Waals surface area contributed by atoms with Gasteiger partial charge in [-0.25, -0.2) is 0 Å². The van der Waals surface area contributed by atoms with Crippen LogP contribution in [0.4, 0.5) is 0 Å². The predicted molar refractivity (Wildman–Crippen MR) is 70.9 cm³/mol.